The van der Waals surface area contributed by atoms with Gasteiger partial charge in [0.15, 0.2) is 0 Å². The third-order valence-corrected chi connectivity index (χ3v) is 4.45. The summed E-state index contributed by atoms with van der Waals surface area (Å²) in [6, 6.07) is 5.63. The van der Waals surface area contributed by atoms with E-state index in [2.05, 4.69) is 0 Å². The van der Waals surface area contributed by atoms with Crippen LogP contribution in [0.3, 0.4) is 0 Å². The smallest absolute Gasteiger partial charge is 0.239 e. The summed E-state index contributed by atoms with van der Waals surface area (Å²) in [5.74, 6) is -0.0353. The zero-order valence-corrected chi connectivity index (χ0v) is 15.1. The Morgan fingerprint density at radius 3 is 2.52 bits per heavy atom. The van der Waals surface area contributed by atoms with Gasteiger partial charge in [-0.1, -0.05) is 26.0 Å². The van der Waals surface area contributed by atoms with Gasteiger partial charge in [-0.15, -0.1) is 0 Å². The van der Waals surface area contributed by atoms with Crippen LogP contribution in [0.15, 0.2) is 24.3 Å². The maximum Gasteiger partial charge on any atom is 0.239 e. The van der Waals surface area contributed by atoms with Crippen molar-refractivity contribution in [1.82, 2.24) is 9.80 Å². The molecule has 0 saturated carbocycles. The third kappa shape index (κ3) is 5.81. The van der Waals surface area contributed by atoms with Crippen molar-refractivity contribution in [2.45, 2.75) is 39.2 Å². The Labute approximate surface area is 149 Å². The fourth-order valence-corrected chi connectivity index (χ4v) is 3.16. The Hall–Kier alpha value is -1.95. The number of hydrogen-bond donors (Lipinski definition) is 1. The molecule has 1 fully saturated rings. The molecule has 1 atom stereocenters. The van der Waals surface area contributed by atoms with E-state index >= 15 is 0 Å². The lowest BCUT2D eigenvalue weighted by Gasteiger charge is -2.25. The van der Waals surface area contributed by atoms with Crippen LogP contribution < -0.4 is 5.73 Å². The predicted octanol–water partition coefficient (Wildman–Crippen LogP) is 1.80. The Bertz CT molecular complexity index is 606. The number of nitrogens with two attached hydrogens (primary N) is 1. The second-order valence-corrected chi connectivity index (χ2v) is 7.10. The minimum atomic E-state index is -0.477. The fraction of sp³-hybridized carbons (Fsp3) is 0.579. The standard InChI is InChI=1S/C19H28FN3O2/c1-14(2)11-17(21)19(25)23-8-4-7-22(9-10-23)18(24)13-15-5-3-6-16(20)12-15/h3,5-6,12,14,17H,4,7-11,13,21H2,1-2H3/t17-/m0/s1. The normalized spacial score (nSPS) is 16.7. The van der Waals surface area contributed by atoms with Crippen LogP contribution >= 0.6 is 0 Å². The zero-order chi connectivity index (χ0) is 18.4. The largest absolute Gasteiger partial charge is 0.341 e. The Morgan fingerprint density at radius 2 is 1.84 bits per heavy atom. The van der Waals surface area contributed by atoms with E-state index in [9.17, 15) is 14.0 Å². The summed E-state index contributed by atoms with van der Waals surface area (Å²) in [6.45, 7) is 6.31. The molecule has 1 aliphatic rings. The molecule has 1 aromatic carbocycles. The average molecular weight is 349 g/mol. The van der Waals surface area contributed by atoms with Crippen molar-refractivity contribution in [3.05, 3.63) is 35.6 Å². The quantitative estimate of drug-likeness (QED) is 0.881. The van der Waals surface area contributed by atoms with Crippen LogP contribution in [0.5, 0.6) is 0 Å². The zero-order valence-electron chi connectivity index (χ0n) is 15.1. The van der Waals surface area contributed by atoms with Crippen LogP contribution in [0.4, 0.5) is 4.39 Å². The van der Waals surface area contributed by atoms with Gasteiger partial charge in [-0.3, -0.25) is 9.59 Å². The molecule has 138 valence electrons. The summed E-state index contributed by atoms with van der Waals surface area (Å²) in [7, 11) is 0. The molecule has 1 aromatic rings. The number of hydrogen-bond acceptors (Lipinski definition) is 3. The monoisotopic (exact) mass is 349 g/mol. The highest BCUT2D eigenvalue weighted by Crippen LogP contribution is 2.11. The number of amides is 2. The van der Waals surface area contributed by atoms with Crippen LogP contribution in [0.25, 0.3) is 0 Å². The van der Waals surface area contributed by atoms with Gasteiger partial charge in [0.1, 0.15) is 5.82 Å². The first-order valence-electron chi connectivity index (χ1n) is 8.93. The first kappa shape index (κ1) is 19.4. The van der Waals surface area contributed by atoms with Crippen molar-refractivity contribution >= 4 is 11.8 Å². The lowest BCUT2D eigenvalue weighted by atomic mass is 10.0. The van der Waals surface area contributed by atoms with Crippen LogP contribution in [-0.4, -0.2) is 53.8 Å². The van der Waals surface area contributed by atoms with E-state index in [-0.39, 0.29) is 24.1 Å². The second kappa shape index (κ2) is 8.94. The molecule has 0 aliphatic carbocycles. The molecule has 0 spiro atoms. The Balaban J connectivity index is 1.90. The molecule has 1 heterocycles. The molecule has 0 aromatic heterocycles. The van der Waals surface area contributed by atoms with Crippen molar-refractivity contribution in [1.29, 1.82) is 0 Å². The fourth-order valence-electron chi connectivity index (χ4n) is 3.16. The van der Waals surface area contributed by atoms with E-state index in [4.69, 9.17) is 5.73 Å². The van der Waals surface area contributed by atoms with Crippen molar-refractivity contribution in [2.75, 3.05) is 26.2 Å². The molecule has 2 N–H and O–H groups in total. The van der Waals surface area contributed by atoms with Gasteiger partial charge in [0, 0.05) is 26.2 Å². The molecule has 2 amide bonds. The number of benzene rings is 1. The second-order valence-electron chi connectivity index (χ2n) is 7.10. The summed E-state index contributed by atoms with van der Waals surface area (Å²) in [4.78, 5) is 28.4. The van der Waals surface area contributed by atoms with Crippen molar-refractivity contribution < 1.29 is 14.0 Å². The number of carbonyl (C=O) groups excluding carboxylic acids is 2. The van der Waals surface area contributed by atoms with Gasteiger partial charge in [-0.05, 0) is 36.5 Å². The van der Waals surface area contributed by atoms with Gasteiger partial charge in [-0.2, -0.15) is 0 Å². The summed E-state index contributed by atoms with van der Waals surface area (Å²) < 4.78 is 13.2. The highest BCUT2D eigenvalue weighted by molar-refractivity contribution is 5.82. The van der Waals surface area contributed by atoms with E-state index in [0.29, 0.717) is 44.1 Å². The van der Waals surface area contributed by atoms with Gasteiger partial charge >= 0.3 is 0 Å². The van der Waals surface area contributed by atoms with Crippen molar-refractivity contribution in [3.63, 3.8) is 0 Å². The molecule has 0 bridgehead atoms. The first-order valence-corrected chi connectivity index (χ1v) is 8.93. The number of rotatable bonds is 5. The molecular formula is C19H28FN3O2. The Kier molecular flexibility index (Phi) is 6.93. The minimum absolute atomic E-state index is 0.0341. The highest BCUT2D eigenvalue weighted by Gasteiger charge is 2.25. The SMILES string of the molecule is CC(C)C[C@H](N)C(=O)N1CCCN(C(=O)Cc2cccc(F)c2)CC1. The maximum absolute atomic E-state index is 13.2. The van der Waals surface area contributed by atoms with Crippen LogP contribution in [-0.2, 0) is 16.0 Å². The molecule has 0 radical (unpaired) electrons. The summed E-state index contributed by atoms with van der Waals surface area (Å²) >= 11 is 0. The molecule has 1 aliphatic heterocycles. The number of halogens is 1. The molecule has 2 rings (SSSR count). The average Bonchev–Trinajstić information content (AvgIpc) is 2.79. The highest BCUT2D eigenvalue weighted by atomic mass is 19.1. The summed E-state index contributed by atoms with van der Waals surface area (Å²) in [6.07, 6.45) is 1.57. The van der Waals surface area contributed by atoms with Crippen LogP contribution in [0.2, 0.25) is 0 Å². The molecule has 25 heavy (non-hydrogen) atoms. The number of carbonyl (C=O) groups is 2. The summed E-state index contributed by atoms with van der Waals surface area (Å²) in [5.41, 5.74) is 6.67. The number of nitrogens with zero attached hydrogens (tertiary/aromatic N) is 2. The minimum Gasteiger partial charge on any atom is -0.341 e. The lowest BCUT2D eigenvalue weighted by Crippen LogP contribution is -2.46. The molecule has 5 nitrogen and oxygen atoms in total. The topological polar surface area (TPSA) is 66.6 Å². The van der Waals surface area contributed by atoms with Crippen molar-refractivity contribution in [3.8, 4) is 0 Å². The van der Waals surface area contributed by atoms with E-state index in [0.717, 1.165) is 6.42 Å². The Morgan fingerprint density at radius 1 is 1.16 bits per heavy atom. The molecular weight excluding hydrogens is 321 g/mol. The van der Waals surface area contributed by atoms with E-state index in [1.54, 1.807) is 21.9 Å². The van der Waals surface area contributed by atoms with Gasteiger partial charge < -0.3 is 15.5 Å². The first-order chi connectivity index (χ1) is 11.9. The molecule has 1 saturated heterocycles. The van der Waals surface area contributed by atoms with Crippen molar-refractivity contribution in [2.24, 2.45) is 11.7 Å². The van der Waals surface area contributed by atoms with E-state index in [1.807, 2.05) is 13.8 Å². The molecule has 0 unspecified atom stereocenters. The lowest BCUT2D eigenvalue weighted by molar-refractivity contribution is -0.134. The predicted molar refractivity (Wildman–Crippen MR) is 95.3 cm³/mol. The van der Waals surface area contributed by atoms with Gasteiger partial charge in [0.2, 0.25) is 11.8 Å². The van der Waals surface area contributed by atoms with E-state index < -0.39 is 6.04 Å². The maximum atomic E-state index is 13.2. The van der Waals surface area contributed by atoms with Gasteiger partial charge in [-0.25, -0.2) is 4.39 Å². The van der Waals surface area contributed by atoms with Crippen LogP contribution in [0, 0.1) is 11.7 Å². The van der Waals surface area contributed by atoms with Gasteiger partial charge in [0.25, 0.3) is 0 Å². The molecule has 6 heteroatoms. The third-order valence-electron chi connectivity index (χ3n) is 4.45. The van der Waals surface area contributed by atoms with Gasteiger partial charge in [0.05, 0.1) is 12.5 Å². The summed E-state index contributed by atoms with van der Waals surface area (Å²) in [5, 5.41) is 0. The van der Waals surface area contributed by atoms with Crippen LogP contribution in [0.1, 0.15) is 32.3 Å². The van der Waals surface area contributed by atoms with E-state index in [1.165, 1.54) is 12.1 Å².